The number of hydrogen-bond donors (Lipinski definition) is 3. The number of benzene rings is 1. The number of ether oxygens (including phenoxy) is 2. The van der Waals surface area contributed by atoms with Crippen LogP contribution < -0.4 is 10.6 Å². The first-order valence-corrected chi connectivity index (χ1v) is 20.3. The molecule has 55 heavy (non-hydrogen) atoms. The summed E-state index contributed by atoms with van der Waals surface area (Å²) in [7, 11) is 6.52. The van der Waals surface area contributed by atoms with E-state index in [9.17, 15) is 24.3 Å². The van der Waals surface area contributed by atoms with E-state index >= 15 is 0 Å². The number of unbranched alkanes of at least 4 members (excludes halogenated alkanes) is 1. The SMILES string of the molecule is CCC.CCCCN(C(=O)CC(OC)C(C(C)CC)N(C)C(=O)CNC(=O)C(C(C)C)N(C)CC[S-])C(OC)C(C)C(=O)NC(C)C(O)c1ccccc1.[Ir]. The zero-order valence-corrected chi connectivity index (χ0v) is 39.1. The van der Waals surface area contributed by atoms with E-state index in [4.69, 9.17) is 22.1 Å². The number of hydrogen-bond acceptors (Lipinski definition) is 9. The molecule has 0 aromatic heterocycles. The van der Waals surface area contributed by atoms with Crippen molar-refractivity contribution in [3.05, 3.63) is 35.9 Å². The van der Waals surface area contributed by atoms with Gasteiger partial charge in [0.15, 0.2) is 0 Å². The maximum atomic E-state index is 14.2. The van der Waals surface area contributed by atoms with Crippen LogP contribution in [0.1, 0.15) is 106 Å². The molecule has 4 amide bonds. The fourth-order valence-electron chi connectivity index (χ4n) is 6.55. The summed E-state index contributed by atoms with van der Waals surface area (Å²) < 4.78 is 11.8. The molecule has 1 aromatic carbocycles. The van der Waals surface area contributed by atoms with Gasteiger partial charge in [0, 0.05) is 47.9 Å². The van der Waals surface area contributed by atoms with Crippen molar-refractivity contribution in [2.24, 2.45) is 17.8 Å². The molecule has 0 saturated heterocycles. The maximum Gasteiger partial charge on any atom is 0.242 e. The van der Waals surface area contributed by atoms with Gasteiger partial charge in [-0.1, -0.05) is 98.1 Å². The van der Waals surface area contributed by atoms with Gasteiger partial charge in [-0.15, -0.1) is 0 Å². The molecule has 0 heterocycles. The minimum Gasteiger partial charge on any atom is -0.791 e. The maximum absolute atomic E-state index is 14.2. The number of methoxy groups -OCH3 is 2. The molecule has 0 fully saturated rings. The summed E-state index contributed by atoms with van der Waals surface area (Å²) in [6, 6.07) is 7.61. The van der Waals surface area contributed by atoms with E-state index in [1.165, 1.54) is 20.6 Å². The summed E-state index contributed by atoms with van der Waals surface area (Å²) in [5.41, 5.74) is 0.684. The van der Waals surface area contributed by atoms with Crippen molar-refractivity contribution in [1.29, 1.82) is 0 Å². The molecule has 1 rings (SSSR count). The number of carbonyl (C=O) groups is 4. The normalized spacial score (nSPS) is 15.5. The average Bonchev–Trinajstić information content (AvgIpc) is 3.14. The topological polar surface area (TPSA) is 141 Å². The molecule has 1 radical (unpaired) electrons. The van der Waals surface area contributed by atoms with Crippen LogP contribution in [0, 0.1) is 17.8 Å². The van der Waals surface area contributed by atoms with Gasteiger partial charge in [-0.2, -0.15) is 5.75 Å². The van der Waals surface area contributed by atoms with E-state index in [-0.39, 0.29) is 68.5 Å². The quantitative estimate of drug-likeness (QED) is 0.0988. The zero-order valence-electron chi connectivity index (χ0n) is 35.9. The molecular formula is C41H74IrN5O7S-. The number of likely N-dealkylation sites (N-methyl/N-ethyl adjacent to an activating group) is 2. The molecule has 0 saturated carbocycles. The van der Waals surface area contributed by atoms with Crippen LogP contribution in [-0.2, 0) is 61.4 Å². The standard InChI is InChI=1S/C38H67N5O7S.C3H8.Ir/c1-12-14-20-43(38(50-11)27(6)36(47)40-28(7)35(46)29-18-16-15-17-19-29)31(44)23-30(49-10)34(26(5)13-2)42(9)32(45)24-39-37(48)33(25(3)4)41(8)21-22-51;1-3-2;/h15-19,25-28,30,33-35,38,46,51H,12-14,20-24H2,1-11H3,(H,39,48)(H,40,47);3H2,1-2H3;/p-1. The van der Waals surface area contributed by atoms with Crippen LogP contribution >= 0.6 is 0 Å². The van der Waals surface area contributed by atoms with Crippen LogP contribution in [0.15, 0.2) is 30.3 Å². The van der Waals surface area contributed by atoms with Crippen LogP contribution in [-0.4, -0.2) is 128 Å². The Labute approximate surface area is 352 Å². The number of aliphatic hydroxyl groups is 1. The first-order chi connectivity index (χ1) is 25.5. The molecular weight excluding hydrogens is 899 g/mol. The van der Waals surface area contributed by atoms with Gasteiger partial charge in [0.2, 0.25) is 23.6 Å². The second kappa shape index (κ2) is 30.1. The third-order valence-corrected chi connectivity index (χ3v) is 9.99. The van der Waals surface area contributed by atoms with Gasteiger partial charge in [-0.05, 0) is 51.3 Å². The molecule has 321 valence electrons. The molecule has 3 N–H and O–H groups in total. The average molecular weight is 973 g/mol. The van der Waals surface area contributed by atoms with Crippen molar-refractivity contribution in [3.63, 3.8) is 0 Å². The Bertz CT molecular complexity index is 1220. The Hall–Kier alpha value is -2.06. The van der Waals surface area contributed by atoms with Gasteiger partial charge in [0.1, 0.15) is 6.23 Å². The molecule has 0 aliphatic rings. The summed E-state index contributed by atoms with van der Waals surface area (Å²) in [6.07, 6.45) is 0.939. The molecule has 0 bridgehead atoms. The van der Waals surface area contributed by atoms with E-state index in [1.807, 2.05) is 64.8 Å². The second-order valence-corrected chi connectivity index (χ2v) is 15.1. The van der Waals surface area contributed by atoms with E-state index in [0.717, 1.165) is 6.42 Å². The van der Waals surface area contributed by atoms with Gasteiger partial charge in [-0.25, -0.2) is 0 Å². The monoisotopic (exact) mass is 973 g/mol. The summed E-state index contributed by atoms with van der Waals surface area (Å²) in [5, 5.41) is 16.5. The number of amides is 4. The van der Waals surface area contributed by atoms with Gasteiger partial charge in [-0.3, -0.25) is 24.1 Å². The van der Waals surface area contributed by atoms with Crippen LogP contribution in [0.5, 0.6) is 0 Å². The number of carbonyl (C=O) groups excluding carboxylic acids is 4. The van der Waals surface area contributed by atoms with Gasteiger partial charge in [0.05, 0.1) is 49.2 Å². The van der Waals surface area contributed by atoms with Crippen molar-refractivity contribution >= 4 is 36.3 Å². The number of nitrogens with one attached hydrogen (secondary N) is 2. The van der Waals surface area contributed by atoms with Crippen molar-refractivity contribution in [3.8, 4) is 0 Å². The molecule has 0 spiro atoms. The predicted molar refractivity (Wildman–Crippen MR) is 219 cm³/mol. The first kappa shape index (κ1) is 55.0. The summed E-state index contributed by atoms with van der Waals surface area (Å²) in [5.74, 6) is -1.47. The number of aliphatic hydroxyl groups excluding tert-OH is 1. The smallest absolute Gasteiger partial charge is 0.242 e. The Kier molecular flexibility index (Phi) is 30.1. The van der Waals surface area contributed by atoms with Gasteiger partial charge >= 0.3 is 0 Å². The minimum absolute atomic E-state index is 0. The van der Waals surface area contributed by atoms with Gasteiger partial charge < -0.3 is 47.6 Å². The molecule has 8 atom stereocenters. The Morgan fingerprint density at radius 3 is 1.93 bits per heavy atom. The molecule has 14 heteroatoms. The zero-order chi connectivity index (χ0) is 41.5. The second-order valence-electron chi connectivity index (χ2n) is 14.7. The minimum atomic E-state index is -0.913. The van der Waals surface area contributed by atoms with E-state index in [0.29, 0.717) is 37.2 Å². The Morgan fingerprint density at radius 2 is 1.45 bits per heavy atom. The third kappa shape index (κ3) is 18.4. The van der Waals surface area contributed by atoms with E-state index in [1.54, 1.807) is 42.8 Å². The fraction of sp³-hybridized carbons (Fsp3) is 0.756. The van der Waals surface area contributed by atoms with Crippen molar-refractivity contribution < 1.29 is 53.9 Å². The van der Waals surface area contributed by atoms with Crippen LogP contribution in [0.25, 0.3) is 0 Å². The van der Waals surface area contributed by atoms with E-state index in [2.05, 4.69) is 24.5 Å². The Morgan fingerprint density at radius 1 is 0.873 bits per heavy atom. The Balaban J connectivity index is 0. The summed E-state index contributed by atoms with van der Waals surface area (Å²) in [6.45, 7) is 18.4. The molecule has 8 unspecified atom stereocenters. The van der Waals surface area contributed by atoms with Gasteiger partial charge in [0.25, 0.3) is 0 Å². The van der Waals surface area contributed by atoms with Crippen LogP contribution in [0.2, 0.25) is 0 Å². The first-order valence-electron chi connectivity index (χ1n) is 19.7. The molecule has 0 aliphatic heterocycles. The number of nitrogens with zero attached hydrogens (tertiary/aromatic N) is 3. The molecule has 12 nitrogen and oxygen atoms in total. The molecule has 0 aliphatic carbocycles. The van der Waals surface area contributed by atoms with E-state index < -0.39 is 42.5 Å². The third-order valence-electron chi connectivity index (χ3n) is 9.81. The van der Waals surface area contributed by atoms with Crippen molar-refractivity contribution in [2.75, 3.05) is 53.7 Å². The number of rotatable bonds is 24. The largest absolute Gasteiger partial charge is 0.791 e. The molecule has 1 aromatic rings. The predicted octanol–water partition coefficient (Wildman–Crippen LogP) is 4.77. The van der Waals surface area contributed by atoms with Crippen LogP contribution in [0.3, 0.4) is 0 Å². The summed E-state index contributed by atoms with van der Waals surface area (Å²) in [4.78, 5) is 59.4. The fourth-order valence-corrected chi connectivity index (χ4v) is 6.84. The van der Waals surface area contributed by atoms with Crippen molar-refractivity contribution in [1.82, 2.24) is 25.3 Å². The summed E-state index contributed by atoms with van der Waals surface area (Å²) >= 11 is 5.11. The van der Waals surface area contributed by atoms with Crippen LogP contribution in [0.4, 0.5) is 0 Å². The van der Waals surface area contributed by atoms with Crippen molar-refractivity contribution in [2.45, 2.75) is 131 Å².